The third kappa shape index (κ3) is 3.36. The number of nitrogens with zero attached hydrogens (tertiary/aromatic N) is 1. The summed E-state index contributed by atoms with van der Waals surface area (Å²) in [6.45, 7) is 2.06. The average molecular weight is 207 g/mol. The maximum Gasteiger partial charge on any atom is 0.246 e. The first-order valence-corrected chi connectivity index (χ1v) is 5.00. The molecule has 1 aromatic carbocycles. The molecule has 0 aliphatic rings. The molecule has 0 unspecified atom stereocenters. The predicted molar refractivity (Wildman–Crippen MR) is 59.3 cm³/mol. The summed E-state index contributed by atoms with van der Waals surface area (Å²) in [5.74, 6) is 0.000697. The molecule has 1 aromatic rings. The van der Waals surface area contributed by atoms with Crippen LogP contribution in [0.15, 0.2) is 24.3 Å². The molecule has 0 N–H and O–H groups in total. The van der Waals surface area contributed by atoms with E-state index in [4.69, 9.17) is 4.84 Å². The van der Waals surface area contributed by atoms with E-state index in [9.17, 15) is 4.79 Å². The Kier molecular flexibility index (Phi) is 4.31. The van der Waals surface area contributed by atoms with E-state index in [1.807, 2.05) is 12.1 Å². The molecule has 0 radical (unpaired) electrons. The van der Waals surface area contributed by atoms with Crippen LogP contribution in [0, 0.1) is 6.92 Å². The van der Waals surface area contributed by atoms with Gasteiger partial charge in [0.25, 0.3) is 0 Å². The summed E-state index contributed by atoms with van der Waals surface area (Å²) in [5, 5.41) is 1.26. The Labute approximate surface area is 90.6 Å². The van der Waals surface area contributed by atoms with Gasteiger partial charge in [-0.2, -0.15) is 0 Å². The van der Waals surface area contributed by atoms with Crippen LogP contribution in [-0.2, 0) is 16.1 Å². The van der Waals surface area contributed by atoms with Crippen molar-refractivity contribution >= 4 is 5.91 Å². The van der Waals surface area contributed by atoms with Crippen molar-refractivity contribution in [1.29, 1.82) is 0 Å². The van der Waals surface area contributed by atoms with Crippen LogP contribution in [0.2, 0.25) is 0 Å². The van der Waals surface area contributed by atoms with Crippen molar-refractivity contribution in [2.75, 3.05) is 14.2 Å². The normalized spacial score (nSPS) is 10.1. The lowest BCUT2D eigenvalue weighted by Crippen LogP contribution is -2.25. The van der Waals surface area contributed by atoms with Crippen LogP contribution in [0.4, 0.5) is 0 Å². The average Bonchev–Trinajstić information content (AvgIpc) is 2.26. The topological polar surface area (TPSA) is 29.5 Å². The van der Waals surface area contributed by atoms with E-state index in [0.29, 0.717) is 6.42 Å². The van der Waals surface area contributed by atoms with Crippen molar-refractivity contribution in [3.63, 3.8) is 0 Å². The second kappa shape index (κ2) is 5.51. The summed E-state index contributed by atoms with van der Waals surface area (Å²) in [4.78, 5) is 16.3. The quantitative estimate of drug-likeness (QED) is 0.706. The highest BCUT2D eigenvalue weighted by Gasteiger charge is 2.08. The molecule has 0 atom stereocenters. The maximum absolute atomic E-state index is 11.5. The molecule has 82 valence electrons. The molecule has 1 rings (SSSR count). The number of carbonyl (C=O) groups excluding carboxylic acids is 1. The van der Waals surface area contributed by atoms with E-state index in [1.165, 1.54) is 23.3 Å². The number of hydroxylamine groups is 2. The molecule has 3 heteroatoms. The van der Waals surface area contributed by atoms with Gasteiger partial charge in [0.1, 0.15) is 0 Å². The third-order valence-electron chi connectivity index (χ3n) is 2.49. The Balaban J connectivity index is 2.51. The number of rotatable bonds is 4. The number of aryl methyl sites for hydroxylation is 2. The smallest absolute Gasteiger partial charge is 0.246 e. The van der Waals surface area contributed by atoms with E-state index in [-0.39, 0.29) is 5.91 Å². The standard InChI is InChI=1S/C12H17NO2/c1-10-6-4-5-7-11(10)8-9-12(14)13(2)15-3/h4-7H,8-9H2,1-3H3. The van der Waals surface area contributed by atoms with Gasteiger partial charge in [-0.3, -0.25) is 9.63 Å². The number of amides is 1. The van der Waals surface area contributed by atoms with Gasteiger partial charge in [-0.05, 0) is 24.5 Å². The zero-order chi connectivity index (χ0) is 11.3. The van der Waals surface area contributed by atoms with Crippen LogP contribution < -0.4 is 0 Å². The van der Waals surface area contributed by atoms with Crippen LogP contribution >= 0.6 is 0 Å². The Hall–Kier alpha value is -1.35. The molecule has 0 fully saturated rings. The molecule has 0 saturated heterocycles. The Morgan fingerprint density at radius 3 is 2.67 bits per heavy atom. The second-order valence-corrected chi connectivity index (χ2v) is 3.50. The van der Waals surface area contributed by atoms with E-state index in [0.717, 1.165) is 6.42 Å². The summed E-state index contributed by atoms with van der Waals surface area (Å²) >= 11 is 0. The monoisotopic (exact) mass is 207 g/mol. The van der Waals surface area contributed by atoms with Gasteiger partial charge in [-0.1, -0.05) is 24.3 Å². The molecule has 0 spiro atoms. The van der Waals surface area contributed by atoms with Gasteiger partial charge >= 0.3 is 0 Å². The molecule has 0 bridgehead atoms. The van der Waals surface area contributed by atoms with Crippen LogP contribution in [0.3, 0.4) is 0 Å². The van der Waals surface area contributed by atoms with Crippen molar-refractivity contribution in [1.82, 2.24) is 5.06 Å². The largest absolute Gasteiger partial charge is 0.275 e. The van der Waals surface area contributed by atoms with E-state index < -0.39 is 0 Å². The lowest BCUT2D eigenvalue weighted by atomic mass is 10.0. The van der Waals surface area contributed by atoms with Crippen LogP contribution in [0.5, 0.6) is 0 Å². The fourth-order valence-electron chi connectivity index (χ4n) is 1.39. The molecule has 0 aromatic heterocycles. The van der Waals surface area contributed by atoms with Gasteiger partial charge in [0.2, 0.25) is 5.91 Å². The van der Waals surface area contributed by atoms with Gasteiger partial charge in [0, 0.05) is 13.5 Å². The number of carbonyl (C=O) groups is 1. The van der Waals surface area contributed by atoms with Crippen LogP contribution in [0.25, 0.3) is 0 Å². The van der Waals surface area contributed by atoms with Gasteiger partial charge < -0.3 is 0 Å². The lowest BCUT2D eigenvalue weighted by Gasteiger charge is -2.13. The number of hydrogen-bond donors (Lipinski definition) is 0. The third-order valence-corrected chi connectivity index (χ3v) is 2.49. The molecule has 1 amide bonds. The van der Waals surface area contributed by atoms with Gasteiger partial charge in [0.15, 0.2) is 0 Å². The van der Waals surface area contributed by atoms with Crippen molar-refractivity contribution in [3.05, 3.63) is 35.4 Å². The Morgan fingerprint density at radius 2 is 2.07 bits per heavy atom. The maximum atomic E-state index is 11.5. The van der Waals surface area contributed by atoms with Crippen molar-refractivity contribution < 1.29 is 9.63 Å². The van der Waals surface area contributed by atoms with E-state index in [1.54, 1.807) is 7.05 Å². The Bertz CT molecular complexity index is 336. The molecular weight excluding hydrogens is 190 g/mol. The summed E-state index contributed by atoms with van der Waals surface area (Å²) in [6.07, 6.45) is 1.24. The summed E-state index contributed by atoms with van der Waals surface area (Å²) in [5.41, 5.74) is 2.45. The van der Waals surface area contributed by atoms with Gasteiger partial charge in [-0.15, -0.1) is 0 Å². The molecule has 3 nitrogen and oxygen atoms in total. The van der Waals surface area contributed by atoms with Gasteiger partial charge in [-0.25, -0.2) is 5.06 Å². The van der Waals surface area contributed by atoms with Crippen molar-refractivity contribution in [2.45, 2.75) is 19.8 Å². The fraction of sp³-hybridized carbons (Fsp3) is 0.417. The molecule has 15 heavy (non-hydrogen) atoms. The van der Waals surface area contributed by atoms with Crippen molar-refractivity contribution in [2.24, 2.45) is 0 Å². The molecule has 0 aliphatic carbocycles. The predicted octanol–water partition coefficient (Wildman–Crippen LogP) is 1.95. The highest BCUT2D eigenvalue weighted by molar-refractivity contribution is 5.75. The first kappa shape index (κ1) is 11.7. The van der Waals surface area contributed by atoms with Gasteiger partial charge in [0.05, 0.1) is 7.11 Å². The highest BCUT2D eigenvalue weighted by atomic mass is 16.7. The number of benzene rings is 1. The van der Waals surface area contributed by atoms with E-state index >= 15 is 0 Å². The summed E-state index contributed by atoms with van der Waals surface area (Å²) in [7, 11) is 3.12. The first-order chi connectivity index (χ1) is 7.15. The van der Waals surface area contributed by atoms with Crippen LogP contribution in [0.1, 0.15) is 17.5 Å². The first-order valence-electron chi connectivity index (χ1n) is 5.00. The Morgan fingerprint density at radius 1 is 1.40 bits per heavy atom. The minimum atomic E-state index is 0.000697. The molecule has 0 saturated carbocycles. The zero-order valence-electron chi connectivity index (χ0n) is 9.49. The minimum Gasteiger partial charge on any atom is -0.275 e. The van der Waals surface area contributed by atoms with Crippen LogP contribution in [-0.4, -0.2) is 25.1 Å². The fourth-order valence-corrected chi connectivity index (χ4v) is 1.39. The molecule has 0 heterocycles. The summed E-state index contributed by atoms with van der Waals surface area (Å²) < 4.78 is 0. The second-order valence-electron chi connectivity index (χ2n) is 3.50. The minimum absolute atomic E-state index is 0.000697. The summed E-state index contributed by atoms with van der Waals surface area (Å²) in [6, 6.07) is 8.10. The zero-order valence-corrected chi connectivity index (χ0v) is 9.49. The highest BCUT2D eigenvalue weighted by Crippen LogP contribution is 2.10. The number of hydrogen-bond acceptors (Lipinski definition) is 2. The SMILES string of the molecule is CON(C)C(=O)CCc1ccccc1C. The van der Waals surface area contributed by atoms with E-state index in [2.05, 4.69) is 19.1 Å². The molecular formula is C12H17NO2. The lowest BCUT2D eigenvalue weighted by molar-refractivity contribution is -0.168. The van der Waals surface area contributed by atoms with Crippen molar-refractivity contribution in [3.8, 4) is 0 Å². The molecule has 0 aliphatic heterocycles.